The van der Waals surface area contributed by atoms with Crippen LogP contribution in [0.15, 0.2) is 73.1 Å². The molecule has 2 atom stereocenters. The highest BCUT2D eigenvalue weighted by atomic mass is 15.1. The summed E-state index contributed by atoms with van der Waals surface area (Å²) >= 11 is 0. The molecule has 1 unspecified atom stereocenters. The molecule has 3 nitrogen and oxygen atoms in total. The molecule has 2 aromatic carbocycles. The maximum atomic E-state index is 10.4. The summed E-state index contributed by atoms with van der Waals surface area (Å²) in [5.74, 6) is 1.33. The number of nitrogens with zero attached hydrogens (tertiary/aromatic N) is 3. The lowest BCUT2D eigenvalue weighted by Crippen LogP contribution is -2.34. The molecular weight excluding hydrogens is 318 g/mol. The van der Waals surface area contributed by atoms with Gasteiger partial charge in [0, 0.05) is 18.4 Å². The maximum Gasteiger partial charge on any atom is 0.110 e. The van der Waals surface area contributed by atoms with Gasteiger partial charge in [-0.15, -0.1) is 0 Å². The molecule has 0 N–H and O–H groups in total. The Kier molecular flexibility index (Phi) is 4.34. The van der Waals surface area contributed by atoms with Crippen LogP contribution in [-0.2, 0) is 5.41 Å². The Labute approximate surface area is 154 Å². The van der Waals surface area contributed by atoms with E-state index in [1.54, 1.807) is 0 Å². The quantitative estimate of drug-likeness (QED) is 0.667. The fourth-order valence-corrected chi connectivity index (χ4v) is 4.64. The maximum absolute atomic E-state index is 10.4. The molecule has 0 radical (unpaired) electrons. The molecule has 0 aliphatic heterocycles. The lowest BCUT2D eigenvalue weighted by molar-refractivity contribution is 0.380. The number of aryl methyl sites for hydroxylation is 1. The van der Waals surface area contributed by atoms with Gasteiger partial charge in [-0.25, -0.2) is 4.98 Å². The van der Waals surface area contributed by atoms with Crippen LogP contribution in [-0.4, -0.2) is 9.55 Å². The van der Waals surface area contributed by atoms with Crippen LogP contribution < -0.4 is 0 Å². The number of aromatic nitrogens is 2. The summed E-state index contributed by atoms with van der Waals surface area (Å²) in [4.78, 5) is 4.38. The molecule has 0 amide bonds. The molecule has 0 bridgehead atoms. The number of rotatable bonds is 4. The highest BCUT2D eigenvalue weighted by molar-refractivity contribution is 5.47. The monoisotopic (exact) mass is 341 g/mol. The Morgan fingerprint density at radius 3 is 2.12 bits per heavy atom. The van der Waals surface area contributed by atoms with Crippen molar-refractivity contribution in [1.82, 2.24) is 9.55 Å². The van der Waals surface area contributed by atoms with Crippen molar-refractivity contribution in [1.29, 1.82) is 5.26 Å². The van der Waals surface area contributed by atoms with Crippen molar-refractivity contribution >= 4 is 0 Å². The van der Waals surface area contributed by atoms with Crippen LogP contribution in [0.1, 0.15) is 42.3 Å². The summed E-state index contributed by atoms with van der Waals surface area (Å²) < 4.78 is 2.28. The van der Waals surface area contributed by atoms with Crippen LogP contribution >= 0.6 is 0 Å². The van der Waals surface area contributed by atoms with Gasteiger partial charge in [-0.05, 0) is 43.2 Å². The van der Waals surface area contributed by atoms with E-state index in [1.165, 1.54) is 0 Å². The second-order valence-electron chi connectivity index (χ2n) is 7.20. The van der Waals surface area contributed by atoms with Crippen LogP contribution in [0.5, 0.6) is 0 Å². The Balaban J connectivity index is 1.78. The van der Waals surface area contributed by atoms with Crippen LogP contribution in [0, 0.1) is 24.2 Å². The van der Waals surface area contributed by atoms with E-state index in [0.717, 1.165) is 36.2 Å². The molecule has 0 saturated heterocycles. The van der Waals surface area contributed by atoms with E-state index in [4.69, 9.17) is 0 Å². The van der Waals surface area contributed by atoms with Crippen LogP contribution in [0.25, 0.3) is 0 Å². The largest absolute Gasteiger partial charge is 0.332 e. The first-order valence-corrected chi connectivity index (χ1v) is 9.27. The van der Waals surface area contributed by atoms with E-state index in [2.05, 4.69) is 53.0 Å². The van der Waals surface area contributed by atoms with E-state index in [0.29, 0.717) is 6.04 Å². The Morgan fingerprint density at radius 1 is 1.00 bits per heavy atom. The molecule has 1 heterocycles. The van der Waals surface area contributed by atoms with Crippen molar-refractivity contribution in [3.05, 3.63) is 90.0 Å². The fraction of sp³-hybridized carbons (Fsp3) is 0.304. The molecule has 1 fully saturated rings. The van der Waals surface area contributed by atoms with Gasteiger partial charge >= 0.3 is 0 Å². The third-order valence-corrected chi connectivity index (χ3v) is 5.91. The molecule has 0 spiro atoms. The zero-order valence-electron chi connectivity index (χ0n) is 15.0. The van der Waals surface area contributed by atoms with Gasteiger partial charge in [0.1, 0.15) is 11.2 Å². The van der Waals surface area contributed by atoms with Crippen molar-refractivity contribution in [3.63, 3.8) is 0 Å². The number of imidazole rings is 1. The smallest absolute Gasteiger partial charge is 0.110 e. The summed E-state index contributed by atoms with van der Waals surface area (Å²) in [6.07, 6.45) is 7.06. The Morgan fingerprint density at radius 2 is 1.62 bits per heavy atom. The van der Waals surface area contributed by atoms with Crippen molar-refractivity contribution in [2.24, 2.45) is 5.92 Å². The van der Waals surface area contributed by atoms with Crippen LogP contribution in [0.3, 0.4) is 0 Å². The van der Waals surface area contributed by atoms with Crippen molar-refractivity contribution in [2.75, 3.05) is 0 Å². The summed E-state index contributed by atoms with van der Waals surface area (Å²) in [5, 5.41) is 10.4. The van der Waals surface area contributed by atoms with Gasteiger partial charge < -0.3 is 4.57 Å². The Bertz CT molecular complexity index is 866. The predicted molar refractivity (Wildman–Crippen MR) is 103 cm³/mol. The number of benzene rings is 2. The second kappa shape index (κ2) is 6.80. The first-order valence-electron chi connectivity index (χ1n) is 9.27. The van der Waals surface area contributed by atoms with E-state index < -0.39 is 5.41 Å². The number of hydrogen-bond acceptors (Lipinski definition) is 2. The standard InChI is InChI=1S/C23H23N3/c1-18-25-14-15-26(18)22-13-12-21(16-22)23(17-24,19-8-4-2-5-9-19)20-10-6-3-7-11-20/h2-11,14-15,21-22H,12-13,16H2,1H3/t21?,22-/m0/s1. The molecule has 3 aromatic rings. The lowest BCUT2D eigenvalue weighted by Gasteiger charge is -2.34. The van der Waals surface area contributed by atoms with E-state index in [9.17, 15) is 5.26 Å². The van der Waals surface area contributed by atoms with Gasteiger partial charge in [0.2, 0.25) is 0 Å². The first-order chi connectivity index (χ1) is 12.8. The summed E-state index contributed by atoms with van der Waals surface area (Å²) in [6.45, 7) is 2.05. The van der Waals surface area contributed by atoms with Crippen molar-refractivity contribution in [2.45, 2.75) is 37.6 Å². The highest BCUT2D eigenvalue weighted by Gasteiger charge is 2.46. The third-order valence-electron chi connectivity index (χ3n) is 5.91. The SMILES string of the molecule is Cc1nccn1[C@H]1CCC(C(C#N)(c2ccccc2)c2ccccc2)C1. The zero-order valence-corrected chi connectivity index (χ0v) is 15.0. The van der Waals surface area contributed by atoms with Crippen LogP contribution in [0.4, 0.5) is 0 Å². The topological polar surface area (TPSA) is 41.6 Å². The lowest BCUT2D eigenvalue weighted by atomic mass is 9.66. The van der Waals surface area contributed by atoms with E-state index in [-0.39, 0.29) is 5.92 Å². The third kappa shape index (κ3) is 2.63. The van der Waals surface area contributed by atoms with E-state index in [1.807, 2.05) is 42.6 Å². The van der Waals surface area contributed by atoms with Gasteiger partial charge in [-0.2, -0.15) is 5.26 Å². The second-order valence-corrected chi connectivity index (χ2v) is 7.20. The molecule has 130 valence electrons. The van der Waals surface area contributed by atoms with Gasteiger partial charge in [0.05, 0.1) is 6.07 Å². The summed E-state index contributed by atoms with van der Waals surface area (Å²) in [7, 11) is 0. The Hall–Kier alpha value is -2.86. The summed E-state index contributed by atoms with van der Waals surface area (Å²) in [6, 6.07) is 23.8. The molecule has 1 saturated carbocycles. The highest BCUT2D eigenvalue weighted by Crippen LogP contribution is 2.49. The van der Waals surface area contributed by atoms with Crippen LogP contribution in [0.2, 0.25) is 0 Å². The average molecular weight is 341 g/mol. The molecule has 3 heteroatoms. The van der Waals surface area contributed by atoms with Gasteiger partial charge in [-0.1, -0.05) is 60.7 Å². The van der Waals surface area contributed by atoms with Gasteiger partial charge in [0.15, 0.2) is 0 Å². The molecule has 4 rings (SSSR count). The first kappa shape index (κ1) is 16.6. The van der Waals surface area contributed by atoms with Gasteiger partial charge in [-0.3, -0.25) is 0 Å². The average Bonchev–Trinajstić information content (AvgIpc) is 3.34. The van der Waals surface area contributed by atoms with E-state index >= 15 is 0 Å². The van der Waals surface area contributed by atoms with Crippen molar-refractivity contribution < 1.29 is 0 Å². The minimum Gasteiger partial charge on any atom is -0.332 e. The minimum absolute atomic E-state index is 0.282. The molecule has 1 aliphatic rings. The normalized spacial score (nSPS) is 20.0. The number of hydrogen-bond donors (Lipinski definition) is 0. The molecule has 1 aliphatic carbocycles. The number of nitriles is 1. The predicted octanol–water partition coefficient (Wildman–Crippen LogP) is 5.04. The minimum atomic E-state index is -0.605. The zero-order chi connectivity index (χ0) is 18.0. The summed E-state index contributed by atoms with van der Waals surface area (Å²) in [5.41, 5.74) is 1.59. The molecule has 26 heavy (non-hydrogen) atoms. The molecule has 1 aromatic heterocycles. The fourth-order valence-electron chi connectivity index (χ4n) is 4.64. The van der Waals surface area contributed by atoms with Crippen molar-refractivity contribution in [3.8, 4) is 6.07 Å². The molecular formula is C23H23N3. The van der Waals surface area contributed by atoms with Gasteiger partial charge in [0.25, 0.3) is 0 Å².